The number of nitrogens with one attached hydrogen (secondary N) is 1. The van der Waals surface area contributed by atoms with Crippen molar-refractivity contribution in [2.45, 2.75) is 0 Å². The lowest BCUT2D eigenvalue weighted by Crippen LogP contribution is -2.12. The van der Waals surface area contributed by atoms with Crippen LogP contribution in [0.15, 0.2) is 42.5 Å². The van der Waals surface area contributed by atoms with Crippen molar-refractivity contribution in [2.24, 2.45) is 0 Å². The molecule has 2 aromatic rings. The Morgan fingerprint density at radius 3 is 2.81 bits per heavy atom. The van der Waals surface area contributed by atoms with Crippen LogP contribution in [-0.4, -0.2) is 17.6 Å². The van der Waals surface area contributed by atoms with Crippen molar-refractivity contribution in [3.63, 3.8) is 0 Å². The number of aliphatic hydroxyl groups is 1. The molecule has 0 aliphatic rings. The topological polar surface area (TPSA) is 49.3 Å². The van der Waals surface area contributed by atoms with Crippen molar-refractivity contribution < 1.29 is 14.3 Å². The third kappa shape index (κ3) is 4.06. The number of hydrogen-bond acceptors (Lipinski definition) is 2. The molecule has 1 amide bonds. The van der Waals surface area contributed by atoms with Gasteiger partial charge in [0.1, 0.15) is 12.4 Å². The first kappa shape index (κ1) is 15.0. The van der Waals surface area contributed by atoms with Crippen LogP contribution in [0.25, 0.3) is 0 Å². The van der Waals surface area contributed by atoms with E-state index < -0.39 is 5.82 Å². The Balaban J connectivity index is 2.18. The zero-order valence-electron chi connectivity index (χ0n) is 10.9. The maximum absolute atomic E-state index is 13.3. The van der Waals surface area contributed by atoms with Crippen LogP contribution in [0.2, 0.25) is 5.02 Å². The molecule has 0 aliphatic carbocycles. The first-order chi connectivity index (χ1) is 10.1. The molecule has 0 aliphatic heterocycles. The first-order valence-electron chi connectivity index (χ1n) is 6.06. The normalized spacial score (nSPS) is 9.67. The third-order valence-corrected chi connectivity index (χ3v) is 2.92. The highest BCUT2D eigenvalue weighted by Gasteiger charge is 2.08. The Hall–Kier alpha value is -2.35. The van der Waals surface area contributed by atoms with E-state index in [2.05, 4.69) is 17.2 Å². The Kier molecular flexibility index (Phi) is 4.94. The number of rotatable bonds is 2. The second-order valence-corrected chi connectivity index (χ2v) is 4.53. The molecule has 106 valence electrons. The first-order valence-corrected chi connectivity index (χ1v) is 6.44. The fourth-order valence-electron chi connectivity index (χ4n) is 1.66. The molecule has 2 aromatic carbocycles. The van der Waals surface area contributed by atoms with E-state index in [9.17, 15) is 9.18 Å². The van der Waals surface area contributed by atoms with Crippen LogP contribution < -0.4 is 5.32 Å². The van der Waals surface area contributed by atoms with Crippen LogP contribution in [0.1, 0.15) is 15.9 Å². The maximum Gasteiger partial charge on any atom is 0.255 e. The minimum absolute atomic E-state index is 0.00530. The SMILES string of the molecule is O=C(Nc1ccc(Cl)c(F)c1)c1cccc(C#CCO)c1. The molecular formula is C16H11ClFNO2. The van der Waals surface area contributed by atoms with Crippen LogP contribution >= 0.6 is 11.6 Å². The summed E-state index contributed by atoms with van der Waals surface area (Å²) in [7, 11) is 0. The molecule has 0 unspecified atom stereocenters. The average molecular weight is 304 g/mol. The maximum atomic E-state index is 13.3. The van der Waals surface area contributed by atoms with Crippen molar-refractivity contribution in [3.05, 3.63) is 64.4 Å². The summed E-state index contributed by atoms with van der Waals surface area (Å²) < 4.78 is 13.3. The molecule has 0 bridgehead atoms. The molecule has 0 aromatic heterocycles. The van der Waals surface area contributed by atoms with E-state index in [1.807, 2.05) is 0 Å². The highest BCUT2D eigenvalue weighted by molar-refractivity contribution is 6.30. The number of amides is 1. The summed E-state index contributed by atoms with van der Waals surface area (Å²) in [6, 6.07) is 10.6. The molecule has 21 heavy (non-hydrogen) atoms. The zero-order chi connectivity index (χ0) is 15.2. The average Bonchev–Trinajstić information content (AvgIpc) is 2.49. The molecule has 2 N–H and O–H groups in total. The molecular weight excluding hydrogens is 293 g/mol. The van der Waals surface area contributed by atoms with E-state index in [4.69, 9.17) is 16.7 Å². The van der Waals surface area contributed by atoms with Gasteiger partial charge in [0, 0.05) is 16.8 Å². The number of aliphatic hydroxyl groups excluding tert-OH is 1. The lowest BCUT2D eigenvalue weighted by molar-refractivity contribution is 0.102. The zero-order valence-corrected chi connectivity index (χ0v) is 11.6. The van der Waals surface area contributed by atoms with Gasteiger partial charge in [0.15, 0.2) is 0 Å². The van der Waals surface area contributed by atoms with Crippen LogP contribution in [0.4, 0.5) is 10.1 Å². The van der Waals surface area contributed by atoms with Gasteiger partial charge in [0.05, 0.1) is 5.02 Å². The molecule has 0 fully saturated rings. The van der Waals surface area contributed by atoms with Crippen LogP contribution in [0.3, 0.4) is 0 Å². The highest BCUT2D eigenvalue weighted by atomic mass is 35.5. The molecule has 0 atom stereocenters. The minimum Gasteiger partial charge on any atom is -0.384 e. The number of hydrogen-bond donors (Lipinski definition) is 2. The number of benzene rings is 2. The van der Waals surface area contributed by atoms with Crippen LogP contribution in [0, 0.1) is 17.7 Å². The lowest BCUT2D eigenvalue weighted by atomic mass is 10.1. The summed E-state index contributed by atoms with van der Waals surface area (Å²) in [5.41, 5.74) is 1.31. The van der Waals surface area contributed by atoms with E-state index in [-0.39, 0.29) is 17.5 Å². The summed E-state index contributed by atoms with van der Waals surface area (Å²) in [5, 5.41) is 11.2. The van der Waals surface area contributed by atoms with Gasteiger partial charge in [-0.1, -0.05) is 29.5 Å². The summed E-state index contributed by atoms with van der Waals surface area (Å²) in [6.07, 6.45) is 0. The van der Waals surface area contributed by atoms with Gasteiger partial charge in [-0.3, -0.25) is 4.79 Å². The number of halogens is 2. The van der Waals surface area contributed by atoms with Crippen molar-refractivity contribution in [1.29, 1.82) is 0 Å². The molecule has 0 saturated heterocycles. The smallest absolute Gasteiger partial charge is 0.255 e. The monoisotopic (exact) mass is 303 g/mol. The quantitative estimate of drug-likeness (QED) is 0.838. The second-order valence-electron chi connectivity index (χ2n) is 4.12. The number of carbonyl (C=O) groups excluding carboxylic acids is 1. The van der Waals surface area contributed by atoms with E-state index in [0.29, 0.717) is 16.8 Å². The molecule has 0 heterocycles. The Morgan fingerprint density at radius 1 is 1.29 bits per heavy atom. The fraction of sp³-hybridized carbons (Fsp3) is 0.0625. The van der Waals surface area contributed by atoms with Crippen molar-refractivity contribution >= 4 is 23.2 Å². The molecule has 3 nitrogen and oxygen atoms in total. The summed E-state index contributed by atoms with van der Waals surface area (Å²) >= 11 is 5.58. The van der Waals surface area contributed by atoms with E-state index in [1.54, 1.807) is 24.3 Å². The second kappa shape index (κ2) is 6.89. The van der Waals surface area contributed by atoms with Crippen molar-refractivity contribution in [1.82, 2.24) is 0 Å². The highest BCUT2D eigenvalue weighted by Crippen LogP contribution is 2.19. The van der Waals surface area contributed by atoms with Gasteiger partial charge in [-0.2, -0.15) is 0 Å². The van der Waals surface area contributed by atoms with Gasteiger partial charge in [0.2, 0.25) is 0 Å². The van der Waals surface area contributed by atoms with Crippen LogP contribution in [0.5, 0.6) is 0 Å². The largest absolute Gasteiger partial charge is 0.384 e. The predicted molar refractivity (Wildman–Crippen MR) is 79.8 cm³/mol. The standard InChI is InChI=1S/C16H11ClFNO2/c17-14-7-6-13(10-15(14)18)19-16(21)12-5-1-3-11(9-12)4-2-8-20/h1,3,5-7,9-10,20H,8H2,(H,19,21). The summed E-state index contributed by atoms with van der Waals surface area (Å²) in [5.74, 6) is 4.23. The van der Waals surface area contributed by atoms with Crippen molar-refractivity contribution in [2.75, 3.05) is 11.9 Å². The number of carbonyl (C=O) groups is 1. The van der Waals surface area contributed by atoms with Gasteiger partial charge >= 0.3 is 0 Å². The predicted octanol–water partition coefficient (Wildman–Crippen LogP) is 3.08. The minimum atomic E-state index is -0.600. The lowest BCUT2D eigenvalue weighted by Gasteiger charge is -2.06. The van der Waals surface area contributed by atoms with Crippen molar-refractivity contribution in [3.8, 4) is 11.8 Å². The van der Waals surface area contributed by atoms with Gasteiger partial charge in [-0.25, -0.2) is 4.39 Å². The molecule has 0 radical (unpaired) electrons. The summed E-state index contributed by atoms with van der Waals surface area (Å²) in [4.78, 5) is 12.1. The third-order valence-electron chi connectivity index (χ3n) is 2.61. The van der Waals surface area contributed by atoms with Gasteiger partial charge in [0.25, 0.3) is 5.91 Å². The molecule has 0 saturated carbocycles. The summed E-state index contributed by atoms with van der Waals surface area (Å²) in [6.45, 7) is -0.250. The molecule has 0 spiro atoms. The Labute approximate surface area is 126 Å². The Bertz CT molecular complexity index is 735. The molecule has 2 rings (SSSR count). The van der Waals surface area contributed by atoms with E-state index >= 15 is 0 Å². The molecule has 5 heteroatoms. The van der Waals surface area contributed by atoms with Gasteiger partial charge < -0.3 is 10.4 Å². The Morgan fingerprint density at radius 2 is 2.10 bits per heavy atom. The fourth-order valence-corrected chi connectivity index (χ4v) is 1.77. The van der Waals surface area contributed by atoms with E-state index in [0.717, 1.165) is 6.07 Å². The van der Waals surface area contributed by atoms with Crippen LogP contribution in [-0.2, 0) is 0 Å². The van der Waals surface area contributed by atoms with E-state index in [1.165, 1.54) is 12.1 Å². The van der Waals surface area contributed by atoms with Gasteiger partial charge in [-0.15, -0.1) is 0 Å². The van der Waals surface area contributed by atoms with Gasteiger partial charge in [-0.05, 0) is 36.4 Å². The number of anilines is 1.